The fourth-order valence-electron chi connectivity index (χ4n) is 0.875. The molecule has 58 valence electrons. The van der Waals surface area contributed by atoms with Crippen molar-refractivity contribution in [3.63, 3.8) is 0 Å². The molecule has 10 heavy (non-hydrogen) atoms. The predicted octanol–water partition coefficient (Wildman–Crippen LogP) is 1.45. The second-order valence-corrected chi connectivity index (χ2v) is 3.48. The quantitative estimate of drug-likeness (QED) is 0.572. The van der Waals surface area contributed by atoms with Crippen LogP contribution < -0.4 is 0 Å². The molecule has 1 heterocycles. The van der Waals surface area contributed by atoms with E-state index in [1.54, 1.807) is 0 Å². The molecule has 1 atom stereocenters. The van der Waals surface area contributed by atoms with E-state index in [1.807, 2.05) is 18.7 Å². The van der Waals surface area contributed by atoms with Gasteiger partial charge in [-0.15, -0.1) is 0 Å². The van der Waals surface area contributed by atoms with E-state index in [4.69, 9.17) is 4.74 Å². The summed E-state index contributed by atoms with van der Waals surface area (Å²) in [6.07, 6.45) is 1.75. The maximum atomic E-state index is 10.7. The molecule has 0 saturated carbocycles. The van der Waals surface area contributed by atoms with Crippen molar-refractivity contribution in [3.05, 3.63) is 0 Å². The molecule has 1 fully saturated rings. The van der Waals surface area contributed by atoms with Gasteiger partial charge in [0.15, 0.2) is 0 Å². The van der Waals surface area contributed by atoms with Crippen LogP contribution in [-0.4, -0.2) is 23.6 Å². The van der Waals surface area contributed by atoms with Gasteiger partial charge in [0.25, 0.3) is 0 Å². The lowest BCUT2D eigenvalue weighted by Gasteiger charge is -2.08. The topological polar surface area (TPSA) is 26.3 Å². The minimum absolute atomic E-state index is 0.0625. The van der Waals surface area contributed by atoms with Gasteiger partial charge in [-0.3, -0.25) is 4.79 Å². The van der Waals surface area contributed by atoms with Crippen molar-refractivity contribution in [2.45, 2.75) is 25.9 Å². The van der Waals surface area contributed by atoms with Gasteiger partial charge in [0.2, 0.25) is 0 Å². The summed E-state index contributed by atoms with van der Waals surface area (Å²) < 4.78 is 5.10. The third-order valence-electron chi connectivity index (χ3n) is 1.47. The van der Waals surface area contributed by atoms with E-state index < -0.39 is 0 Å². The highest BCUT2D eigenvalue weighted by molar-refractivity contribution is 7.99. The van der Waals surface area contributed by atoms with Gasteiger partial charge in [-0.05, 0) is 12.2 Å². The van der Waals surface area contributed by atoms with Crippen LogP contribution in [0.15, 0.2) is 0 Å². The van der Waals surface area contributed by atoms with Crippen LogP contribution in [-0.2, 0) is 9.53 Å². The Balaban J connectivity index is 2.17. The molecule has 1 aliphatic heterocycles. The molecule has 0 aromatic carbocycles. The number of carbonyl (C=O) groups excluding carboxylic acids is 1. The van der Waals surface area contributed by atoms with E-state index in [1.165, 1.54) is 0 Å². The number of esters is 1. The van der Waals surface area contributed by atoms with E-state index in [0.29, 0.717) is 6.42 Å². The average Bonchev–Trinajstić information content (AvgIpc) is 2.40. The van der Waals surface area contributed by atoms with Gasteiger partial charge in [0.1, 0.15) is 6.10 Å². The van der Waals surface area contributed by atoms with Crippen molar-refractivity contribution in [1.29, 1.82) is 0 Å². The van der Waals surface area contributed by atoms with Gasteiger partial charge < -0.3 is 4.74 Å². The first-order valence-corrected chi connectivity index (χ1v) is 4.75. The summed E-state index contributed by atoms with van der Waals surface area (Å²) in [6.45, 7) is 1.82. The lowest BCUT2D eigenvalue weighted by atomic mass is 10.3. The molecule has 1 unspecified atom stereocenters. The Kier molecular flexibility index (Phi) is 3.06. The molecular weight excluding hydrogens is 148 g/mol. The Bertz CT molecular complexity index is 119. The zero-order valence-electron chi connectivity index (χ0n) is 6.13. The van der Waals surface area contributed by atoms with Gasteiger partial charge >= 0.3 is 5.97 Å². The monoisotopic (exact) mass is 160 g/mol. The van der Waals surface area contributed by atoms with Crippen LogP contribution >= 0.6 is 11.8 Å². The Morgan fingerprint density at radius 2 is 2.60 bits per heavy atom. The SMILES string of the molecule is CCC(=O)OC1CCSC1. The van der Waals surface area contributed by atoms with Crippen LogP contribution in [0.3, 0.4) is 0 Å². The van der Waals surface area contributed by atoms with Crippen molar-refractivity contribution >= 4 is 17.7 Å². The lowest BCUT2D eigenvalue weighted by molar-refractivity contribution is -0.147. The van der Waals surface area contributed by atoms with Crippen LogP contribution in [0, 0.1) is 0 Å². The Labute approximate surface area is 65.3 Å². The molecule has 0 amide bonds. The Hall–Kier alpha value is -0.180. The molecule has 1 aliphatic rings. The molecule has 1 saturated heterocycles. The van der Waals surface area contributed by atoms with Crippen molar-refractivity contribution in [1.82, 2.24) is 0 Å². The highest BCUT2D eigenvalue weighted by Gasteiger charge is 2.18. The number of carbonyl (C=O) groups is 1. The van der Waals surface area contributed by atoms with E-state index in [0.717, 1.165) is 17.9 Å². The van der Waals surface area contributed by atoms with Crippen molar-refractivity contribution in [3.8, 4) is 0 Å². The van der Waals surface area contributed by atoms with Crippen LogP contribution in [0.1, 0.15) is 19.8 Å². The first kappa shape index (κ1) is 7.92. The molecule has 0 aromatic rings. The summed E-state index contributed by atoms with van der Waals surface area (Å²) in [6, 6.07) is 0. The molecule has 0 spiro atoms. The smallest absolute Gasteiger partial charge is 0.305 e. The van der Waals surface area contributed by atoms with Crippen LogP contribution in [0.5, 0.6) is 0 Å². The van der Waals surface area contributed by atoms with Crippen LogP contribution in [0.25, 0.3) is 0 Å². The zero-order valence-corrected chi connectivity index (χ0v) is 6.95. The minimum Gasteiger partial charge on any atom is -0.461 e. The minimum atomic E-state index is -0.0625. The van der Waals surface area contributed by atoms with Crippen molar-refractivity contribution < 1.29 is 9.53 Å². The average molecular weight is 160 g/mol. The Morgan fingerprint density at radius 3 is 3.10 bits per heavy atom. The number of hydrogen-bond donors (Lipinski definition) is 0. The normalized spacial score (nSPS) is 24.7. The third-order valence-corrected chi connectivity index (χ3v) is 2.61. The highest BCUT2D eigenvalue weighted by atomic mass is 32.2. The van der Waals surface area contributed by atoms with E-state index in [-0.39, 0.29) is 12.1 Å². The van der Waals surface area contributed by atoms with E-state index in [9.17, 15) is 4.79 Å². The molecule has 1 rings (SSSR count). The summed E-state index contributed by atoms with van der Waals surface area (Å²) in [4.78, 5) is 10.7. The number of thioether (sulfide) groups is 1. The largest absolute Gasteiger partial charge is 0.461 e. The standard InChI is InChI=1S/C7H12O2S/c1-2-7(8)9-6-3-4-10-5-6/h6H,2-5H2,1H3. The highest BCUT2D eigenvalue weighted by Crippen LogP contribution is 2.20. The van der Waals surface area contributed by atoms with Crippen molar-refractivity contribution in [2.75, 3.05) is 11.5 Å². The predicted molar refractivity (Wildman–Crippen MR) is 42.1 cm³/mol. The first-order valence-electron chi connectivity index (χ1n) is 3.60. The van der Waals surface area contributed by atoms with Gasteiger partial charge in [-0.2, -0.15) is 11.8 Å². The van der Waals surface area contributed by atoms with Gasteiger partial charge in [0, 0.05) is 12.2 Å². The van der Waals surface area contributed by atoms with Crippen LogP contribution in [0.2, 0.25) is 0 Å². The molecule has 0 bridgehead atoms. The zero-order chi connectivity index (χ0) is 7.40. The third kappa shape index (κ3) is 2.21. The summed E-state index contributed by atoms with van der Waals surface area (Å²) in [5, 5.41) is 0. The second kappa shape index (κ2) is 3.86. The number of hydrogen-bond acceptors (Lipinski definition) is 3. The van der Waals surface area contributed by atoms with E-state index >= 15 is 0 Å². The maximum Gasteiger partial charge on any atom is 0.305 e. The molecular formula is C7H12O2S. The molecule has 3 heteroatoms. The fourth-order valence-corrected chi connectivity index (χ4v) is 1.97. The van der Waals surface area contributed by atoms with Gasteiger partial charge in [0.05, 0.1) is 0 Å². The van der Waals surface area contributed by atoms with Gasteiger partial charge in [-0.25, -0.2) is 0 Å². The fraction of sp³-hybridized carbons (Fsp3) is 0.857. The molecule has 0 radical (unpaired) electrons. The van der Waals surface area contributed by atoms with Gasteiger partial charge in [-0.1, -0.05) is 6.92 Å². The Morgan fingerprint density at radius 1 is 1.80 bits per heavy atom. The molecule has 0 aliphatic carbocycles. The number of rotatable bonds is 2. The molecule has 0 aromatic heterocycles. The molecule has 0 N–H and O–H groups in total. The molecule has 2 nitrogen and oxygen atoms in total. The van der Waals surface area contributed by atoms with E-state index in [2.05, 4.69) is 0 Å². The van der Waals surface area contributed by atoms with Crippen molar-refractivity contribution in [2.24, 2.45) is 0 Å². The lowest BCUT2D eigenvalue weighted by Crippen LogP contribution is -2.16. The second-order valence-electron chi connectivity index (χ2n) is 2.33. The maximum absolute atomic E-state index is 10.7. The first-order chi connectivity index (χ1) is 4.83. The number of ether oxygens (including phenoxy) is 1. The summed E-state index contributed by atoms with van der Waals surface area (Å²) >= 11 is 1.86. The summed E-state index contributed by atoms with van der Waals surface area (Å²) in [5.41, 5.74) is 0. The van der Waals surface area contributed by atoms with Crippen LogP contribution in [0.4, 0.5) is 0 Å². The summed E-state index contributed by atoms with van der Waals surface area (Å²) in [5.74, 6) is 2.07. The summed E-state index contributed by atoms with van der Waals surface area (Å²) in [7, 11) is 0.